The first kappa shape index (κ1) is 22.3. The third-order valence-corrected chi connectivity index (χ3v) is 5.44. The minimum atomic E-state index is -0.510. The second kappa shape index (κ2) is 10.6. The Balaban J connectivity index is 1.76. The lowest BCUT2D eigenvalue weighted by Gasteiger charge is -2.22. The Kier molecular flexibility index (Phi) is 7.58. The standard InChI is InChI=1S/C22H23N3O5S/c1-29-20-8-4-3-6-16(20)13-24(14-18-7-5-11-31-18)15-22(26)23-19-10-9-17(25(27)28)12-21(19)30-2/h3-12H,13-15H2,1-2H3,(H,23,26). The van der Waals surface area contributed by atoms with Crippen LogP contribution in [-0.4, -0.2) is 36.5 Å². The molecule has 31 heavy (non-hydrogen) atoms. The molecule has 8 nitrogen and oxygen atoms in total. The van der Waals surface area contributed by atoms with Crippen molar-refractivity contribution < 1.29 is 19.2 Å². The van der Waals surface area contributed by atoms with E-state index in [2.05, 4.69) is 5.32 Å². The lowest BCUT2D eigenvalue weighted by atomic mass is 10.2. The summed E-state index contributed by atoms with van der Waals surface area (Å²) >= 11 is 1.62. The number of methoxy groups -OCH3 is 2. The number of rotatable bonds is 10. The molecule has 1 N–H and O–H groups in total. The summed E-state index contributed by atoms with van der Waals surface area (Å²) < 4.78 is 10.7. The van der Waals surface area contributed by atoms with Crippen LogP contribution in [0.25, 0.3) is 0 Å². The van der Waals surface area contributed by atoms with Gasteiger partial charge in [-0.1, -0.05) is 24.3 Å². The van der Waals surface area contributed by atoms with Crippen LogP contribution in [0.1, 0.15) is 10.4 Å². The Morgan fingerprint density at radius 1 is 1.06 bits per heavy atom. The maximum atomic E-state index is 12.8. The van der Waals surface area contributed by atoms with Crippen LogP contribution in [0.2, 0.25) is 0 Å². The topological polar surface area (TPSA) is 93.9 Å². The molecule has 3 aromatic rings. The molecule has 1 heterocycles. The summed E-state index contributed by atoms with van der Waals surface area (Å²) in [6.07, 6.45) is 0. The van der Waals surface area contributed by atoms with E-state index >= 15 is 0 Å². The molecule has 0 saturated carbocycles. The van der Waals surface area contributed by atoms with Crippen molar-refractivity contribution in [3.63, 3.8) is 0 Å². The lowest BCUT2D eigenvalue weighted by Crippen LogP contribution is -2.32. The number of ether oxygens (including phenoxy) is 2. The number of non-ortho nitro benzene ring substituents is 1. The molecule has 0 spiro atoms. The van der Waals surface area contributed by atoms with E-state index in [0.29, 0.717) is 18.8 Å². The summed E-state index contributed by atoms with van der Waals surface area (Å²) in [6, 6.07) is 15.8. The quantitative estimate of drug-likeness (QED) is 0.372. The molecule has 1 aromatic heterocycles. The van der Waals surface area contributed by atoms with E-state index in [1.54, 1.807) is 18.4 Å². The Bertz CT molecular complexity index is 1040. The lowest BCUT2D eigenvalue weighted by molar-refractivity contribution is -0.384. The van der Waals surface area contributed by atoms with Crippen LogP contribution in [0, 0.1) is 10.1 Å². The number of carbonyl (C=O) groups is 1. The van der Waals surface area contributed by atoms with Gasteiger partial charge in [-0.05, 0) is 23.6 Å². The van der Waals surface area contributed by atoms with Crippen LogP contribution in [0.4, 0.5) is 11.4 Å². The van der Waals surface area contributed by atoms with Crippen LogP contribution in [-0.2, 0) is 17.9 Å². The minimum Gasteiger partial charge on any atom is -0.496 e. The number of nitro groups is 1. The Hall–Kier alpha value is -3.43. The zero-order valence-corrected chi connectivity index (χ0v) is 18.1. The van der Waals surface area contributed by atoms with Crippen LogP contribution in [0.3, 0.4) is 0 Å². The van der Waals surface area contributed by atoms with Crippen LogP contribution < -0.4 is 14.8 Å². The van der Waals surface area contributed by atoms with E-state index in [-0.39, 0.29) is 23.9 Å². The minimum absolute atomic E-state index is 0.106. The molecule has 9 heteroatoms. The van der Waals surface area contributed by atoms with Crippen molar-refractivity contribution in [3.8, 4) is 11.5 Å². The highest BCUT2D eigenvalue weighted by Gasteiger charge is 2.17. The summed E-state index contributed by atoms with van der Waals surface area (Å²) in [5, 5.41) is 15.8. The Morgan fingerprint density at radius 3 is 2.52 bits per heavy atom. The number of hydrogen-bond donors (Lipinski definition) is 1. The van der Waals surface area contributed by atoms with E-state index in [1.165, 1.54) is 25.3 Å². The number of thiophene rings is 1. The molecule has 0 aliphatic heterocycles. The van der Waals surface area contributed by atoms with Gasteiger partial charge in [-0.2, -0.15) is 0 Å². The number of amides is 1. The first-order chi connectivity index (χ1) is 15.0. The van der Waals surface area contributed by atoms with E-state index in [9.17, 15) is 14.9 Å². The van der Waals surface area contributed by atoms with Gasteiger partial charge in [-0.15, -0.1) is 11.3 Å². The number of para-hydroxylation sites is 1. The van der Waals surface area contributed by atoms with Crippen molar-refractivity contribution >= 4 is 28.6 Å². The average Bonchev–Trinajstić information content (AvgIpc) is 3.27. The summed E-state index contributed by atoms with van der Waals surface area (Å²) in [4.78, 5) is 26.4. The predicted octanol–water partition coefficient (Wildman–Crippen LogP) is 4.31. The number of nitro benzene ring substituents is 1. The number of nitrogens with one attached hydrogen (secondary N) is 1. The van der Waals surface area contributed by atoms with E-state index < -0.39 is 4.92 Å². The van der Waals surface area contributed by atoms with Crippen LogP contribution in [0.5, 0.6) is 11.5 Å². The number of benzene rings is 2. The maximum absolute atomic E-state index is 12.8. The molecule has 162 valence electrons. The summed E-state index contributed by atoms with van der Waals surface area (Å²) in [7, 11) is 3.02. The van der Waals surface area contributed by atoms with Gasteiger partial charge in [0.15, 0.2) is 0 Å². The fourth-order valence-electron chi connectivity index (χ4n) is 3.15. The zero-order chi connectivity index (χ0) is 22.2. The van der Waals surface area contributed by atoms with Crippen molar-refractivity contribution in [1.29, 1.82) is 0 Å². The largest absolute Gasteiger partial charge is 0.496 e. The fourth-order valence-corrected chi connectivity index (χ4v) is 3.90. The monoisotopic (exact) mass is 441 g/mol. The molecule has 0 aliphatic carbocycles. The molecule has 0 saturated heterocycles. The molecule has 0 aliphatic rings. The van der Waals surface area contributed by atoms with Gasteiger partial charge in [0.1, 0.15) is 11.5 Å². The molecule has 0 bridgehead atoms. The zero-order valence-electron chi connectivity index (χ0n) is 17.2. The predicted molar refractivity (Wildman–Crippen MR) is 120 cm³/mol. The van der Waals surface area contributed by atoms with Gasteiger partial charge in [0.25, 0.3) is 5.69 Å². The SMILES string of the molecule is COc1ccccc1CN(CC(=O)Nc1ccc([N+](=O)[O-])cc1OC)Cc1cccs1. The molecule has 0 unspecified atom stereocenters. The van der Waals surface area contributed by atoms with E-state index in [1.807, 2.05) is 46.7 Å². The molecular weight excluding hydrogens is 418 g/mol. The second-order valence-electron chi connectivity index (χ2n) is 6.73. The number of carbonyl (C=O) groups excluding carboxylic acids is 1. The molecule has 3 rings (SSSR count). The van der Waals surface area contributed by atoms with Crippen molar-refractivity contribution in [2.45, 2.75) is 13.1 Å². The molecule has 0 atom stereocenters. The Labute approximate surface area is 184 Å². The third kappa shape index (κ3) is 6.03. The summed E-state index contributed by atoms with van der Waals surface area (Å²) in [5.41, 5.74) is 1.25. The first-order valence-corrected chi connectivity index (χ1v) is 10.4. The highest BCUT2D eigenvalue weighted by atomic mass is 32.1. The smallest absolute Gasteiger partial charge is 0.273 e. The van der Waals surface area contributed by atoms with Gasteiger partial charge in [0.05, 0.1) is 37.4 Å². The maximum Gasteiger partial charge on any atom is 0.273 e. The summed E-state index contributed by atoms with van der Waals surface area (Å²) in [5.74, 6) is 0.742. The normalized spacial score (nSPS) is 10.7. The average molecular weight is 442 g/mol. The highest BCUT2D eigenvalue weighted by molar-refractivity contribution is 7.09. The first-order valence-electron chi connectivity index (χ1n) is 9.49. The molecule has 2 aromatic carbocycles. The van der Waals surface area contributed by atoms with Gasteiger partial charge < -0.3 is 14.8 Å². The van der Waals surface area contributed by atoms with Crippen molar-refractivity contribution in [3.05, 3.63) is 80.5 Å². The van der Waals surface area contributed by atoms with Gasteiger partial charge in [0, 0.05) is 29.6 Å². The van der Waals surface area contributed by atoms with Gasteiger partial charge in [0.2, 0.25) is 5.91 Å². The van der Waals surface area contributed by atoms with Crippen LogP contribution >= 0.6 is 11.3 Å². The fraction of sp³-hybridized carbons (Fsp3) is 0.227. The summed E-state index contributed by atoms with van der Waals surface area (Å²) in [6.45, 7) is 1.24. The van der Waals surface area contributed by atoms with Gasteiger partial charge in [-0.3, -0.25) is 19.8 Å². The molecule has 1 amide bonds. The highest BCUT2D eigenvalue weighted by Crippen LogP contribution is 2.29. The van der Waals surface area contributed by atoms with Crippen molar-refractivity contribution in [2.24, 2.45) is 0 Å². The number of anilines is 1. The van der Waals surface area contributed by atoms with E-state index in [4.69, 9.17) is 9.47 Å². The van der Waals surface area contributed by atoms with E-state index in [0.717, 1.165) is 16.2 Å². The molecule has 0 fully saturated rings. The van der Waals surface area contributed by atoms with Crippen molar-refractivity contribution in [1.82, 2.24) is 4.90 Å². The third-order valence-electron chi connectivity index (χ3n) is 4.58. The number of nitrogens with zero attached hydrogens (tertiary/aromatic N) is 2. The van der Waals surface area contributed by atoms with Crippen LogP contribution in [0.15, 0.2) is 60.0 Å². The van der Waals surface area contributed by atoms with Gasteiger partial charge in [-0.25, -0.2) is 0 Å². The molecular formula is C22H23N3O5S. The molecule has 0 radical (unpaired) electrons. The van der Waals surface area contributed by atoms with Gasteiger partial charge >= 0.3 is 0 Å². The second-order valence-corrected chi connectivity index (χ2v) is 7.76. The Morgan fingerprint density at radius 2 is 1.84 bits per heavy atom. The van der Waals surface area contributed by atoms with Crippen molar-refractivity contribution in [2.75, 3.05) is 26.1 Å². The number of hydrogen-bond acceptors (Lipinski definition) is 7.